The topological polar surface area (TPSA) is 38.3 Å². The van der Waals surface area contributed by atoms with Gasteiger partial charge >= 0.3 is 0 Å². The molecule has 0 saturated carbocycles. The van der Waals surface area contributed by atoms with Gasteiger partial charge in [-0.3, -0.25) is 4.79 Å². The summed E-state index contributed by atoms with van der Waals surface area (Å²) in [5, 5.41) is 3.03. The van der Waals surface area contributed by atoms with Crippen LogP contribution in [0.4, 0.5) is 0 Å². The number of thioether (sulfide) groups is 1. The molecule has 0 aliphatic carbocycles. The van der Waals surface area contributed by atoms with Gasteiger partial charge in [0.05, 0.1) is 6.61 Å². The molecule has 2 aromatic carbocycles. The van der Waals surface area contributed by atoms with Crippen LogP contribution in [-0.2, 0) is 4.74 Å². The van der Waals surface area contributed by atoms with E-state index in [1.54, 1.807) is 11.8 Å². The van der Waals surface area contributed by atoms with Crippen LogP contribution in [0.5, 0.6) is 0 Å². The molecule has 1 atom stereocenters. The van der Waals surface area contributed by atoms with Crippen molar-refractivity contribution in [3.8, 4) is 11.1 Å². The second-order valence-corrected chi connectivity index (χ2v) is 6.92. The fourth-order valence-electron chi connectivity index (χ4n) is 2.99. The molecular weight excluding hydrogens is 318 g/mol. The van der Waals surface area contributed by atoms with Crippen LogP contribution in [-0.4, -0.2) is 31.9 Å². The summed E-state index contributed by atoms with van der Waals surface area (Å²) >= 11 is 1.73. The second-order valence-electron chi connectivity index (χ2n) is 6.07. The number of ether oxygens (including phenoxy) is 1. The van der Waals surface area contributed by atoms with E-state index in [2.05, 4.69) is 23.7 Å². The van der Waals surface area contributed by atoms with Crippen molar-refractivity contribution >= 4 is 17.7 Å². The summed E-state index contributed by atoms with van der Waals surface area (Å²) in [6.45, 7) is 2.30. The highest BCUT2D eigenvalue weighted by Crippen LogP contribution is 2.30. The number of hydrogen-bond acceptors (Lipinski definition) is 3. The van der Waals surface area contributed by atoms with Gasteiger partial charge in [-0.1, -0.05) is 30.3 Å². The third-order valence-electron chi connectivity index (χ3n) is 4.37. The van der Waals surface area contributed by atoms with Gasteiger partial charge in [-0.05, 0) is 54.3 Å². The average Bonchev–Trinajstić information content (AvgIpc) is 2.67. The van der Waals surface area contributed by atoms with Crippen LogP contribution in [0.1, 0.15) is 23.2 Å². The molecule has 1 aliphatic rings. The first-order chi connectivity index (χ1) is 11.8. The van der Waals surface area contributed by atoms with Crippen molar-refractivity contribution in [1.29, 1.82) is 0 Å². The molecule has 126 valence electrons. The quantitative estimate of drug-likeness (QED) is 0.827. The summed E-state index contributed by atoms with van der Waals surface area (Å²) in [4.78, 5) is 13.5. The molecule has 1 fully saturated rings. The smallest absolute Gasteiger partial charge is 0.251 e. The average molecular weight is 341 g/mol. The number of benzene rings is 2. The normalized spacial score (nSPS) is 17.5. The number of carbonyl (C=O) groups excluding carboxylic acids is 1. The van der Waals surface area contributed by atoms with Crippen LogP contribution in [0.25, 0.3) is 11.1 Å². The minimum Gasteiger partial charge on any atom is -0.381 e. The van der Waals surface area contributed by atoms with Gasteiger partial charge in [0.25, 0.3) is 5.91 Å². The zero-order valence-electron chi connectivity index (χ0n) is 14.0. The maximum absolute atomic E-state index is 12.3. The van der Waals surface area contributed by atoms with E-state index in [0.717, 1.165) is 31.6 Å². The molecule has 3 nitrogen and oxygen atoms in total. The molecule has 1 saturated heterocycles. The zero-order chi connectivity index (χ0) is 16.8. The fraction of sp³-hybridized carbons (Fsp3) is 0.350. The minimum atomic E-state index is -0.00900. The first-order valence-corrected chi connectivity index (χ1v) is 9.60. The Morgan fingerprint density at radius 3 is 2.71 bits per heavy atom. The van der Waals surface area contributed by atoms with Crippen LogP contribution in [0, 0.1) is 5.92 Å². The Kier molecular flexibility index (Phi) is 5.94. The first kappa shape index (κ1) is 17.1. The molecule has 0 aromatic heterocycles. The van der Waals surface area contributed by atoms with E-state index in [4.69, 9.17) is 4.74 Å². The third-order valence-corrected chi connectivity index (χ3v) is 5.17. The molecule has 3 rings (SSSR count). The third kappa shape index (κ3) is 4.19. The molecule has 4 heteroatoms. The highest BCUT2D eigenvalue weighted by molar-refractivity contribution is 7.98. The lowest BCUT2D eigenvalue weighted by Crippen LogP contribution is -2.33. The predicted octanol–water partition coefficient (Wildman–Crippen LogP) is 4.23. The molecule has 2 aromatic rings. The van der Waals surface area contributed by atoms with Crippen molar-refractivity contribution < 1.29 is 9.53 Å². The van der Waals surface area contributed by atoms with Gasteiger partial charge in [-0.15, -0.1) is 11.8 Å². The molecule has 0 bridgehead atoms. The molecule has 1 N–H and O–H groups in total. The van der Waals surface area contributed by atoms with E-state index in [1.807, 2.05) is 36.4 Å². The minimum absolute atomic E-state index is 0.00900. The van der Waals surface area contributed by atoms with E-state index in [-0.39, 0.29) is 5.91 Å². The molecule has 0 spiro atoms. The summed E-state index contributed by atoms with van der Waals surface area (Å²) in [6, 6.07) is 16.2. The van der Waals surface area contributed by atoms with E-state index < -0.39 is 0 Å². The molecule has 1 amide bonds. The van der Waals surface area contributed by atoms with Crippen LogP contribution in [0.2, 0.25) is 0 Å². The summed E-state index contributed by atoms with van der Waals surface area (Å²) < 4.78 is 5.45. The van der Waals surface area contributed by atoms with Crippen LogP contribution >= 0.6 is 11.8 Å². The zero-order valence-corrected chi connectivity index (χ0v) is 14.8. The van der Waals surface area contributed by atoms with E-state index in [0.29, 0.717) is 18.0 Å². The molecular formula is C20H23NO2S. The number of rotatable bonds is 5. The Bertz CT molecular complexity index is 678. The second kappa shape index (κ2) is 8.36. The van der Waals surface area contributed by atoms with Gasteiger partial charge in [0.1, 0.15) is 0 Å². The van der Waals surface area contributed by atoms with Gasteiger partial charge in [0.2, 0.25) is 0 Å². The lowest BCUT2D eigenvalue weighted by molar-refractivity contribution is 0.0536. The summed E-state index contributed by atoms with van der Waals surface area (Å²) in [7, 11) is 0. The maximum Gasteiger partial charge on any atom is 0.251 e. The summed E-state index contributed by atoms with van der Waals surface area (Å²) in [5.74, 6) is 0.431. The SMILES string of the molecule is CSc1ccccc1-c1ccc(C(=O)NC[C@H]2CCCOC2)cc1. The standard InChI is InChI=1S/C20H23NO2S/c1-24-19-7-3-2-6-18(19)16-8-10-17(11-9-16)20(22)21-13-15-5-4-12-23-14-15/h2-3,6-11,15H,4-5,12-14H2,1H3,(H,21,22)/t15-/m1/s1. The van der Waals surface area contributed by atoms with Crippen molar-refractivity contribution in [2.75, 3.05) is 26.0 Å². The fourth-order valence-corrected chi connectivity index (χ4v) is 3.61. The van der Waals surface area contributed by atoms with Crippen molar-refractivity contribution in [3.63, 3.8) is 0 Å². The van der Waals surface area contributed by atoms with Crippen LogP contribution in [0.15, 0.2) is 53.4 Å². The number of nitrogens with one attached hydrogen (secondary N) is 1. The van der Waals surface area contributed by atoms with Gasteiger partial charge < -0.3 is 10.1 Å². The predicted molar refractivity (Wildman–Crippen MR) is 99.5 cm³/mol. The van der Waals surface area contributed by atoms with Crippen LogP contribution in [0.3, 0.4) is 0 Å². The Morgan fingerprint density at radius 1 is 1.21 bits per heavy atom. The van der Waals surface area contributed by atoms with Crippen molar-refractivity contribution in [3.05, 3.63) is 54.1 Å². The highest BCUT2D eigenvalue weighted by Gasteiger charge is 2.15. The largest absolute Gasteiger partial charge is 0.381 e. The molecule has 1 aliphatic heterocycles. The number of amides is 1. The maximum atomic E-state index is 12.3. The Labute approximate surface area is 147 Å². The Hall–Kier alpha value is -1.78. The summed E-state index contributed by atoms with van der Waals surface area (Å²) in [5.41, 5.74) is 3.05. The van der Waals surface area contributed by atoms with Gasteiger partial charge in [-0.2, -0.15) is 0 Å². The van der Waals surface area contributed by atoms with Crippen molar-refractivity contribution in [2.24, 2.45) is 5.92 Å². The van der Waals surface area contributed by atoms with Gasteiger partial charge in [0, 0.05) is 23.6 Å². The molecule has 1 heterocycles. The van der Waals surface area contributed by atoms with Gasteiger partial charge in [-0.25, -0.2) is 0 Å². The lowest BCUT2D eigenvalue weighted by Gasteiger charge is -2.22. The lowest BCUT2D eigenvalue weighted by atomic mass is 10.0. The number of carbonyl (C=O) groups is 1. The van der Waals surface area contributed by atoms with Gasteiger partial charge in [0.15, 0.2) is 0 Å². The highest BCUT2D eigenvalue weighted by atomic mass is 32.2. The molecule has 0 radical (unpaired) electrons. The van der Waals surface area contributed by atoms with Crippen molar-refractivity contribution in [2.45, 2.75) is 17.7 Å². The molecule has 0 unspecified atom stereocenters. The van der Waals surface area contributed by atoms with E-state index in [1.165, 1.54) is 10.5 Å². The molecule has 24 heavy (non-hydrogen) atoms. The van der Waals surface area contributed by atoms with E-state index in [9.17, 15) is 4.79 Å². The Balaban J connectivity index is 1.64. The van der Waals surface area contributed by atoms with E-state index >= 15 is 0 Å². The number of hydrogen-bond donors (Lipinski definition) is 1. The first-order valence-electron chi connectivity index (χ1n) is 8.37. The monoisotopic (exact) mass is 341 g/mol. The van der Waals surface area contributed by atoms with Crippen molar-refractivity contribution in [1.82, 2.24) is 5.32 Å². The van der Waals surface area contributed by atoms with Crippen LogP contribution < -0.4 is 5.32 Å². The summed E-state index contributed by atoms with van der Waals surface area (Å²) in [6.07, 6.45) is 4.30. The Morgan fingerprint density at radius 2 is 2.00 bits per heavy atom.